The lowest BCUT2D eigenvalue weighted by Gasteiger charge is -2.31. The minimum Gasteiger partial charge on any atom is -0.368 e. The number of aromatic nitrogens is 4. The van der Waals surface area contributed by atoms with E-state index in [2.05, 4.69) is 35.5 Å². The molecule has 122 valence electrons. The molecule has 0 fully saturated rings. The number of carbonyl (C=O) groups excluding carboxylic acids is 1. The van der Waals surface area contributed by atoms with E-state index in [0.29, 0.717) is 12.3 Å². The molecule has 0 unspecified atom stereocenters. The first-order valence-electron chi connectivity index (χ1n) is 7.83. The number of hydrogen-bond acceptors (Lipinski definition) is 6. The zero-order valence-electron chi connectivity index (χ0n) is 13.0. The number of H-pyrrole nitrogens is 1. The fourth-order valence-corrected chi connectivity index (χ4v) is 2.86. The van der Waals surface area contributed by atoms with Crippen molar-refractivity contribution in [3.63, 3.8) is 0 Å². The molecule has 3 N–H and O–H groups in total. The topological polar surface area (TPSA) is 98.8 Å². The number of para-hydroxylation sites is 1. The molecule has 4 rings (SSSR count). The molecule has 0 saturated heterocycles. The molecule has 1 aliphatic heterocycles. The number of hydrogen-bond donors (Lipinski definition) is 3. The van der Waals surface area contributed by atoms with Gasteiger partial charge in [0.25, 0.3) is 5.91 Å². The van der Waals surface area contributed by atoms with Gasteiger partial charge in [0.15, 0.2) is 11.5 Å². The smallest absolute Gasteiger partial charge is 0.254 e. The molecule has 0 bridgehead atoms. The lowest BCUT2D eigenvalue weighted by atomic mass is 10.1. The van der Waals surface area contributed by atoms with Gasteiger partial charge in [-0.2, -0.15) is 0 Å². The van der Waals surface area contributed by atoms with Crippen LogP contribution >= 0.6 is 0 Å². The first-order valence-corrected chi connectivity index (χ1v) is 7.83. The number of nitrogens with one attached hydrogen (secondary N) is 3. The molecular formula is C16H17N7O. The van der Waals surface area contributed by atoms with Crippen LogP contribution in [0.5, 0.6) is 0 Å². The summed E-state index contributed by atoms with van der Waals surface area (Å²) in [6.45, 7) is 2.13. The summed E-state index contributed by atoms with van der Waals surface area (Å²) in [6.07, 6.45) is 4.02. The van der Waals surface area contributed by atoms with Gasteiger partial charge in [0.2, 0.25) is 0 Å². The summed E-state index contributed by atoms with van der Waals surface area (Å²) in [4.78, 5) is 29.5. The third-order valence-corrected chi connectivity index (χ3v) is 4.04. The van der Waals surface area contributed by atoms with Crippen LogP contribution < -0.4 is 15.5 Å². The highest BCUT2D eigenvalue weighted by atomic mass is 16.2. The molecule has 8 nitrogen and oxygen atoms in total. The van der Waals surface area contributed by atoms with Crippen LogP contribution in [-0.2, 0) is 0 Å². The molecule has 1 aromatic carbocycles. The Morgan fingerprint density at radius 1 is 1.21 bits per heavy atom. The van der Waals surface area contributed by atoms with Crippen molar-refractivity contribution in [1.82, 2.24) is 25.3 Å². The maximum atomic E-state index is 11.9. The van der Waals surface area contributed by atoms with Crippen molar-refractivity contribution >= 4 is 28.6 Å². The highest BCUT2D eigenvalue weighted by molar-refractivity contribution is 6.01. The minimum absolute atomic E-state index is 0.0115. The van der Waals surface area contributed by atoms with Gasteiger partial charge in [0.05, 0.1) is 24.2 Å². The lowest BCUT2D eigenvalue weighted by molar-refractivity contribution is 0.0947. The van der Waals surface area contributed by atoms with Gasteiger partial charge >= 0.3 is 0 Å². The Hall–Kier alpha value is -3.16. The normalized spacial score (nSPS) is 13.7. The predicted octanol–water partition coefficient (Wildman–Crippen LogP) is 1.36. The van der Waals surface area contributed by atoms with Gasteiger partial charge in [-0.3, -0.25) is 4.79 Å². The number of anilines is 2. The summed E-state index contributed by atoms with van der Waals surface area (Å²) in [5, 5.41) is 6.21. The Morgan fingerprint density at radius 3 is 3.08 bits per heavy atom. The SMILES string of the molecule is O=C1NCN(CCCNc2ncnc3nc[nH]c23)c2ccccc21. The molecule has 1 amide bonds. The minimum atomic E-state index is -0.0115. The molecule has 24 heavy (non-hydrogen) atoms. The summed E-state index contributed by atoms with van der Waals surface area (Å²) in [7, 11) is 0. The van der Waals surface area contributed by atoms with Crippen molar-refractivity contribution in [1.29, 1.82) is 0 Å². The van der Waals surface area contributed by atoms with E-state index in [0.717, 1.165) is 42.1 Å². The van der Waals surface area contributed by atoms with E-state index < -0.39 is 0 Å². The summed E-state index contributed by atoms with van der Waals surface area (Å²) in [5.74, 6) is 0.743. The van der Waals surface area contributed by atoms with Crippen LogP contribution in [0.3, 0.4) is 0 Å². The van der Waals surface area contributed by atoms with Crippen LogP contribution in [-0.4, -0.2) is 45.6 Å². The summed E-state index contributed by atoms with van der Waals surface area (Å²) in [6, 6.07) is 7.68. The van der Waals surface area contributed by atoms with E-state index >= 15 is 0 Å². The number of benzene rings is 1. The van der Waals surface area contributed by atoms with Gasteiger partial charge in [0.1, 0.15) is 11.8 Å². The number of nitrogens with zero attached hydrogens (tertiary/aromatic N) is 4. The van der Waals surface area contributed by atoms with Crippen LogP contribution in [0, 0.1) is 0 Å². The first-order chi connectivity index (χ1) is 11.8. The Balaban J connectivity index is 1.37. The third kappa shape index (κ3) is 2.62. The van der Waals surface area contributed by atoms with Crippen LogP contribution in [0.25, 0.3) is 11.2 Å². The predicted molar refractivity (Wildman–Crippen MR) is 90.9 cm³/mol. The van der Waals surface area contributed by atoms with Gasteiger partial charge in [-0.1, -0.05) is 12.1 Å². The number of aromatic amines is 1. The van der Waals surface area contributed by atoms with Gasteiger partial charge in [-0.25, -0.2) is 15.0 Å². The van der Waals surface area contributed by atoms with Crippen molar-refractivity contribution in [3.8, 4) is 0 Å². The van der Waals surface area contributed by atoms with Gasteiger partial charge in [0, 0.05) is 13.1 Å². The molecule has 0 atom stereocenters. The van der Waals surface area contributed by atoms with Crippen molar-refractivity contribution in [2.45, 2.75) is 6.42 Å². The average molecular weight is 323 g/mol. The summed E-state index contributed by atoms with van der Waals surface area (Å²) in [5.41, 5.74) is 3.18. The zero-order valence-corrected chi connectivity index (χ0v) is 13.0. The van der Waals surface area contributed by atoms with Crippen LogP contribution in [0.2, 0.25) is 0 Å². The largest absolute Gasteiger partial charge is 0.368 e. The van der Waals surface area contributed by atoms with E-state index in [1.54, 1.807) is 6.33 Å². The van der Waals surface area contributed by atoms with Crippen molar-refractivity contribution in [2.24, 2.45) is 0 Å². The number of rotatable bonds is 5. The fourth-order valence-electron chi connectivity index (χ4n) is 2.86. The quantitative estimate of drug-likeness (QED) is 0.613. The molecule has 0 radical (unpaired) electrons. The van der Waals surface area contributed by atoms with E-state index in [4.69, 9.17) is 0 Å². The Bertz CT molecular complexity index is 875. The van der Waals surface area contributed by atoms with Gasteiger partial charge < -0.3 is 20.5 Å². The molecule has 0 saturated carbocycles. The molecule has 3 heterocycles. The number of imidazole rings is 1. The number of fused-ring (bicyclic) bond motifs is 2. The summed E-state index contributed by atoms with van der Waals surface area (Å²) >= 11 is 0. The van der Waals surface area contributed by atoms with Crippen LogP contribution in [0.15, 0.2) is 36.9 Å². The number of amides is 1. The Labute approximate surface area is 138 Å². The molecule has 3 aromatic rings. The second-order valence-corrected chi connectivity index (χ2v) is 5.55. The van der Waals surface area contributed by atoms with E-state index in [9.17, 15) is 4.79 Å². The molecule has 8 heteroatoms. The maximum absolute atomic E-state index is 11.9. The Kier molecular flexibility index (Phi) is 3.70. The second-order valence-electron chi connectivity index (χ2n) is 5.55. The lowest BCUT2D eigenvalue weighted by Crippen LogP contribution is -2.44. The molecular weight excluding hydrogens is 306 g/mol. The molecule has 2 aromatic heterocycles. The second kappa shape index (κ2) is 6.15. The standard InChI is InChI=1S/C16H17N7O/c24-16-11-4-1-2-5-12(11)23(10-22-16)7-3-6-17-14-13-15(19-8-18-13)21-9-20-14/h1-2,4-5,8-9H,3,6-7,10H2,(H,22,24)(H2,17,18,19,20,21). The third-order valence-electron chi connectivity index (χ3n) is 4.04. The first kappa shape index (κ1) is 14.4. The monoisotopic (exact) mass is 323 g/mol. The maximum Gasteiger partial charge on any atom is 0.254 e. The molecule has 1 aliphatic rings. The van der Waals surface area contributed by atoms with Gasteiger partial charge in [-0.15, -0.1) is 0 Å². The van der Waals surface area contributed by atoms with Crippen LogP contribution in [0.1, 0.15) is 16.8 Å². The zero-order chi connectivity index (χ0) is 16.4. The highest BCUT2D eigenvalue weighted by Gasteiger charge is 2.21. The molecule has 0 aliphatic carbocycles. The average Bonchev–Trinajstić information content (AvgIpc) is 3.10. The van der Waals surface area contributed by atoms with E-state index in [-0.39, 0.29) is 5.91 Å². The highest BCUT2D eigenvalue weighted by Crippen LogP contribution is 2.23. The van der Waals surface area contributed by atoms with Crippen molar-refractivity contribution < 1.29 is 4.79 Å². The Morgan fingerprint density at radius 2 is 2.12 bits per heavy atom. The van der Waals surface area contributed by atoms with Gasteiger partial charge in [-0.05, 0) is 18.6 Å². The van der Waals surface area contributed by atoms with E-state index in [1.807, 2.05) is 24.3 Å². The summed E-state index contributed by atoms with van der Waals surface area (Å²) < 4.78 is 0. The van der Waals surface area contributed by atoms with Crippen LogP contribution in [0.4, 0.5) is 11.5 Å². The fraction of sp³-hybridized carbons (Fsp3) is 0.250. The van der Waals surface area contributed by atoms with E-state index in [1.165, 1.54) is 6.33 Å². The number of carbonyl (C=O) groups is 1. The van der Waals surface area contributed by atoms with Crippen molar-refractivity contribution in [3.05, 3.63) is 42.5 Å². The molecule has 0 spiro atoms. The van der Waals surface area contributed by atoms with Crippen molar-refractivity contribution in [2.75, 3.05) is 30.0 Å².